The van der Waals surface area contributed by atoms with Crippen LogP contribution in [0.5, 0.6) is 0 Å². The minimum Gasteiger partial charge on any atom is -0.345 e. The Labute approximate surface area is 102 Å². The second kappa shape index (κ2) is 3.97. The molecule has 84 valence electrons. The molecule has 0 aliphatic heterocycles. The second-order valence-electron chi connectivity index (χ2n) is 4.49. The number of carbonyl (C=O) groups is 1. The fourth-order valence-electron chi connectivity index (χ4n) is 1.59. The van der Waals surface area contributed by atoms with Gasteiger partial charge in [0.25, 0.3) is 0 Å². The topological polar surface area (TPSA) is 58.6 Å². The molecule has 0 unspecified atom stereocenters. The van der Waals surface area contributed by atoms with Crippen LogP contribution < -0.4 is 0 Å². The maximum atomic E-state index is 10.9. The molecule has 0 spiro atoms. The number of fused-ring (bicyclic) bond motifs is 1. The van der Waals surface area contributed by atoms with Gasteiger partial charge in [-0.15, -0.1) is 0 Å². The van der Waals surface area contributed by atoms with Gasteiger partial charge >= 0.3 is 0 Å². The molecule has 0 aliphatic carbocycles. The second-order valence-corrected chi connectivity index (χ2v) is 5.30. The zero-order valence-corrected chi connectivity index (χ0v) is 10.7. The van der Waals surface area contributed by atoms with Crippen LogP contribution in [0.15, 0.2) is 17.0 Å². The van der Waals surface area contributed by atoms with E-state index in [0.29, 0.717) is 11.0 Å². The van der Waals surface area contributed by atoms with Crippen LogP contribution >= 0.6 is 15.9 Å². The van der Waals surface area contributed by atoms with Crippen molar-refractivity contribution in [2.75, 3.05) is 0 Å². The van der Waals surface area contributed by atoms with Crippen molar-refractivity contribution in [2.24, 2.45) is 5.41 Å². The fraction of sp³-hybridized carbons (Fsp3) is 0.364. The van der Waals surface area contributed by atoms with Gasteiger partial charge < -0.3 is 9.78 Å². The Hall–Kier alpha value is -1.23. The number of carbonyl (C=O) groups excluding carboxylic acids is 1. The molecule has 0 saturated carbocycles. The van der Waals surface area contributed by atoms with Gasteiger partial charge in [0.1, 0.15) is 16.4 Å². The quantitative estimate of drug-likeness (QED) is 0.880. The lowest BCUT2D eigenvalue weighted by Crippen LogP contribution is -2.16. The third-order valence-electron chi connectivity index (χ3n) is 2.40. The van der Waals surface area contributed by atoms with E-state index < -0.39 is 0 Å². The fourth-order valence-corrected chi connectivity index (χ4v) is 1.87. The average Bonchev–Trinajstić information content (AvgIpc) is 2.61. The first kappa shape index (κ1) is 11.3. The first-order valence-corrected chi connectivity index (χ1v) is 5.76. The molecule has 2 aromatic rings. The van der Waals surface area contributed by atoms with Crippen molar-refractivity contribution < 1.29 is 4.79 Å². The summed E-state index contributed by atoms with van der Waals surface area (Å²) in [4.78, 5) is 22.5. The lowest BCUT2D eigenvalue weighted by Gasteiger charge is -2.15. The van der Waals surface area contributed by atoms with Gasteiger partial charge in [0.2, 0.25) is 0 Å². The number of rotatable bonds is 3. The number of halogens is 1. The summed E-state index contributed by atoms with van der Waals surface area (Å²) in [5.41, 5.74) is 2.21. The summed E-state index contributed by atoms with van der Waals surface area (Å²) in [6.45, 7) is 3.81. The number of hydrogen-bond donors (Lipinski definition) is 1. The van der Waals surface area contributed by atoms with Gasteiger partial charge in [-0.25, -0.2) is 9.97 Å². The largest absolute Gasteiger partial charge is 0.345 e. The van der Waals surface area contributed by atoms with Crippen molar-refractivity contribution >= 4 is 33.4 Å². The maximum absolute atomic E-state index is 10.9. The van der Waals surface area contributed by atoms with Gasteiger partial charge in [-0.2, -0.15) is 0 Å². The van der Waals surface area contributed by atoms with E-state index in [0.717, 1.165) is 23.0 Å². The van der Waals surface area contributed by atoms with Gasteiger partial charge in [0.15, 0.2) is 5.65 Å². The summed E-state index contributed by atoms with van der Waals surface area (Å²) in [5.74, 6) is 0. The van der Waals surface area contributed by atoms with Gasteiger partial charge in [-0.3, -0.25) is 0 Å². The number of aromatic amines is 1. The summed E-state index contributed by atoms with van der Waals surface area (Å²) in [6.07, 6.45) is 5.13. The Bertz CT molecular complexity index is 533. The van der Waals surface area contributed by atoms with Crippen molar-refractivity contribution in [1.82, 2.24) is 15.0 Å². The Kier molecular flexibility index (Phi) is 2.80. The normalized spacial score (nSPS) is 11.9. The third-order valence-corrected chi connectivity index (χ3v) is 2.78. The summed E-state index contributed by atoms with van der Waals surface area (Å²) >= 11 is 3.29. The SMILES string of the molecule is CC(C)(C=O)Cc1c[nH]c2ncc(Br)nc12. The van der Waals surface area contributed by atoms with Gasteiger partial charge in [-0.1, -0.05) is 13.8 Å². The number of H-pyrrole nitrogens is 1. The number of nitrogens with one attached hydrogen (secondary N) is 1. The van der Waals surface area contributed by atoms with E-state index in [1.165, 1.54) is 0 Å². The van der Waals surface area contributed by atoms with Crippen LogP contribution in [0.4, 0.5) is 0 Å². The first-order chi connectivity index (χ1) is 7.52. The molecule has 0 amide bonds. The van der Waals surface area contributed by atoms with Crippen LogP contribution in [0, 0.1) is 5.41 Å². The van der Waals surface area contributed by atoms with Gasteiger partial charge in [-0.05, 0) is 27.9 Å². The van der Waals surface area contributed by atoms with Crippen LogP contribution in [0.25, 0.3) is 11.2 Å². The highest BCUT2D eigenvalue weighted by Gasteiger charge is 2.20. The highest BCUT2D eigenvalue weighted by atomic mass is 79.9. The Morgan fingerprint density at radius 2 is 2.31 bits per heavy atom. The molecular weight excluding hydrogens is 270 g/mol. The summed E-state index contributed by atoms with van der Waals surface area (Å²) in [6, 6.07) is 0. The number of aromatic nitrogens is 3. The number of aldehydes is 1. The van der Waals surface area contributed by atoms with E-state index in [-0.39, 0.29) is 5.41 Å². The monoisotopic (exact) mass is 281 g/mol. The number of nitrogens with zero attached hydrogens (tertiary/aromatic N) is 2. The molecule has 2 heterocycles. The molecule has 0 aliphatic rings. The molecule has 2 aromatic heterocycles. The Morgan fingerprint density at radius 3 is 3.00 bits per heavy atom. The molecule has 0 bridgehead atoms. The van der Waals surface area contributed by atoms with E-state index >= 15 is 0 Å². The minimum atomic E-state index is -0.376. The summed E-state index contributed by atoms with van der Waals surface area (Å²) < 4.78 is 0.699. The minimum absolute atomic E-state index is 0.376. The molecule has 16 heavy (non-hydrogen) atoms. The summed E-state index contributed by atoms with van der Waals surface area (Å²) in [7, 11) is 0. The Morgan fingerprint density at radius 1 is 1.56 bits per heavy atom. The van der Waals surface area contributed by atoms with E-state index in [1.54, 1.807) is 6.20 Å². The van der Waals surface area contributed by atoms with E-state index in [2.05, 4.69) is 30.9 Å². The van der Waals surface area contributed by atoms with Crippen LogP contribution in [0.1, 0.15) is 19.4 Å². The van der Waals surface area contributed by atoms with Gasteiger partial charge in [0.05, 0.1) is 6.20 Å². The smallest absolute Gasteiger partial charge is 0.156 e. The zero-order chi connectivity index (χ0) is 11.8. The molecule has 5 heteroatoms. The predicted octanol–water partition coefficient (Wildman–Crippen LogP) is 2.49. The molecular formula is C11H12BrN3O. The standard InChI is InChI=1S/C11H12BrN3O/c1-11(2,6-16)3-7-4-13-10-9(7)15-8(12)5-14-10/h4-6H,3H2,1-2H3,(H,13,14). The van der Waals surface area contributed by atoms with E-state index in [1.807, 2.05) is 20.0 Å². The molecule has 0 radical (unpaired) electrons. The highest BCUT2D eigenvalue weighted by molar-refractivity contribution is 9.10. The highest BCUT2D eigenvalue weighted by Crippen LogP contribution is 2.24. The molecule has 0 aromatic carbocycles. The molecule has 1 N–H and O–H groups in total. The van der Waals surface area contributed by atoms with E-state index in [9.17, 15) is 4.79 Å². The van der Waals surface area contributed by atoms with Crippen LogP contribution in [0.2, 0.25) is 0 Å². The van der Waals surface area contributed by atoms with Crippen molar-refractivity contribution in [3.05, 3.63) is 22.6 Å². The van der Waals surface area contributed by atoms with E-state index in [4.69, 9.17) is 0 Å². The van der Waals surface area contributed by atoms with Crippen LogP contribution in [-0.4, -0.2) is 21.2 Å². The van der Waals surface area contributed by atoms with Crippen LogP contribution in [-0.2, 0) is 11.2 Å². The molecule has 0 fully saturated rings. The number of hydrogen-bond acceptors (Lipinski definition) is 3. The van der Waals surface area contributed by atoms with Crippen LogP contribution in [0.3, 0.4) is 0 Å². The lowest BCUT2D eigenvalue weighted by atomic mass is 9.88. The Balaban J connectivity index is 2.45. The first-order valence-electron chi connectivity index (χ1n) is 4.97. The molecule has 0 atom stereocenters. The van der Waals surface area contributed by atoms with Crippen molar-refractivity contribution in [1.29, 1.82) is 0 Å². The summed E-state index contributed by atoms with van der Waals surface area (Å²) in [5, 5.41) is 0. The third kappa shape index (κ3) is 2.14. The van der Waals surface area contributed by atoms with Gasteiger partial charge in [0, 0.05) is 11.6 Å². The molecule has 0 saturated heterocycles. The lowest BCUT2D eigenvalue weighted by molar-refractivity contribution is -0.114. The molecule has 2 rings (SSSR count). The van der Waals surface area contributed by atoms with Crippen molar-refractivity contribution in [3.63, 3.8) is 0 Å². The van der Waals surface area contributed by atoms with Crippen molar-refractivity contribution in [3.8, 4) is 0 Å². The zero-order valence-electron chi connectivity index (χ0n) is 9.12. The molecule has 4 nitrogen and oxygen atoms in total. The predicted molar refractivity (Wildman–Crippen MR) is 65.1 cm³/mol. The maximum Gasteiger partial charge on any atom is 0.156 e. The van der Waals surface area contributed by atoms with Crippen molar-refractivity contribution in [2.45, 2.75) is 20.3 Å². The average molecular weight is 282 g/mol.